The van der Waals surface area contributed by atoms with Gasteiger partial charge in [-0.15, -0.1) is 0 Å². The Labute approximate surface area is 134 Å². The van der Waals surface area contributed by atoms with Crippen LogP contribution in [0.4, 0.5) is 4.79 Å². The molecule has 1 heterocycles. The second-order valence-electron chi connectivity index (χ2n) is 5.33. The highest BCUT2D eigenvalue weighted by Crippen LogP contribution is 2.18. The lowest BCUT2D eigenvalue weighted by Gasteiger charge is -2.17. The molecule has 1 saturated heterocycles. The second kappa shape index (κ2) is 6.95. The van der Waals surface area contributed by atoms with Gasteiger partial charge in [-0.3, -0.25) is 4.79 Å². The number of esters is 1. The van der Waals surface area contributed by atoms with Crippen LogP contribution < -0.4 is 5.32 Å². The summed E-state index contributed by atoms with van der Waals surface area (Å²) < 4.78 is 4.67. The molecule has 0 radical (unpaired) electrons. The van der Waals surface area contributed by atoms with Crippen molar-refractivity contribution in [2.75, 3.05) is 21.2 Å². The van der Waals surface area contributed by atoms with Gasteiger partial charge in [0.05, 0.1) is 7.11 Å². The van der Waals surface area contributed by atoms with Crippen molar-refractivity contribution in [1.29, 1.82) is 0 Å². The molecule has 0 aromatic heterocycles. The van der Waals surface area contributed by atoms with E-state index in [1.807, 2.05) is 30.3 Å². The minimum absolute atomic E-state index is 0.115. The zero-order valence-corrected chi connectivity index (χ0v) is 13.3. The van der Waals surface area contributed by atoms with Crippen LogP contribution in [0.5, 0.6) is 0 Å². The molecule has 23 heavy (non-hydrogen) atoms. The molecule has 1 N–H and O–H groups in total. The molecular weight excluding hydrogens is 298 g/mol. The normalized spacial score (nSPS) is 18.0. The molecule has 1 unspecified atom stereocenters. The molecule has 1 fully saturated rings. The van der Waals surface area contributed by atoms with E-state index in [0.717, 1.165) is 10.5 Å². The molecule has 2 rings (SSSR count). The molecule has 1 aliphatic heterocycles. The predicted octanol–water partition coefficient (Wildman–Crippen LogP) is 0.725. The monoisotopic (exact) mass is 317 g/mol. The number of amides is 3. The van der Waals surface area contributed by atoms with Crippen LogP contribution in [-0.2, 0) is 20.7 Å². The summed E-state index contributed by atoms with van der Waals surface area (Å²) in [4.78, 5) is 39.0. The van der Waals surface area contributed by atoms with Crippen molar-refractivity contribution in [2.24, 2.45) is 0 Å². The number of nitrogens with zero attached hydrogens (tertiary/aromatic N) is 2. The Balaban J connectivity index is 2.24. The minimum Gasteiger partial charge on any atom is -0.464 e. The van der Waals surface area contributed by atoms with Crippen molar-refractivity contribution in [2.45, 2.75) is 12.5 Å². The highest BCUT2D eigenvalue weighted by atomic mass is 16.5. The summed E-state index contributed by atoms with van der Waals surface area (Å²) in [5.74, 6) is -1.22. The lowest BCUT2D eigenvalue weighted by atomic mass is 10.1. The SMILES string of the molecule is COC(=O)/C(=C\N(C)C)N1C(=O)NC(Cc2ccccc2)C1=O. The van der Waals surface area contributed by atoms with Gasteiger partial charge >= 0.3 is 12.0 Å². The number of ether oxygens (including phenoxy) is 1. The molecule has 1 atom stereocenters. The predicted molar refractivity (Wildman–Crippen MR) is 83.1 cm³/mol. The second-order valence-corrected chi connectivity index (χ2v) is 5.33. The molecule has 7 heteroatoms. The summed E-state index contributed by atoms with van der Waals surface area (Å²) in [5, 5.41) is 2.61. The lowest BCUT2D eigenvalue weighted by molar-refractivity contribution is -0.140. The highest BCUT2D eigenvalue weighted by molar-refractivity contribution is 6.10. The summed E-state index contributed by atoms with van der Waals surface area (Å²) in [5.41, 5.74) is 0.805. The average Bonchev–Trinajstić information content (AvgIpc) is 2.79. The maximum Gasteiger partial charge on any atom is 0.356 e. The van der Waals surface area contributed by atoms with Crippen LogP contribution in [0, 0.1) is 0 Å². The van der Waals surface area contributed by atoms with Gasteiger partial charge in [0.1, 0.15) is 6.04 Å². The van der Waals surface area contributed by atoms with E-state index in [1.165, 1.54) is 13.3 Å². The Morgan fingerprint density at radius 2 is 1.96 bits per heavy atom. The zero-order valence-electron chi connectivity index (χ0n) is 13.3. The van der Waals surface area contributed by atoms with E-state index in [1.54, 1.807) is 19.0 Å². The highest BCUT2D eigenvalue weighted by Gasteiger charge is 2.42. The van der Waals surface area contributed by atoms with Crippen molar-refractivity contribution in [3.8, 4) is 0 Å². The first-order valence-electron chi connectivity index (χ1n) is 7.09. The van der Waals surface area contributed by atoms with Gasteiger partial charge in [0, 0.05) is 26.7 Å². The fourth-order valence-electron chi connectivity index (χ4n) is 2.30. The molecular formula is C16H19N3O4. The number of carbonyl (C=O) groups excluding carboxylic acids is 3. The molecule has 0 bridgehead atoms. The summed E-state index contributed by atoms with van der Waals surface area (Å²) in [6.07, 6.45) is 1.74. The number of benzene rings is 1. The van der Waals surface area contributed by atoms with E-state index in [-0.39, 0.29) is 5.70 Å². The first-order valence-corrected chi connectivity index (χ1v) is 7.09. The minimum atomic E-state index is -0.748. The molecule has 1 aromatic carbocycles. The van der Waals surface area contributed by atoms with Gasteiger partial charge in [0.2, 0.25) is 0 Å². The van der Waals surface area contributed by atoms with Crippen LogP contribution in [0.25, 0.3) is 0 Å². The summed E-state index contributed by atoms with van der Waals surface area (Å²) in [6.45, 7) is 0. The molecule has 0 aliphatic carbocycles. The van der Waals surface area contributed by atoms with Crippen LogP contribution in [0.3, 0.4) is 0 Å². The standard InChI is InChI=1S/C16H19N3O4/c1-18(2)10-13(15(21)23-3)19-14(20)12(17-16(19)22)9-11-7-5-4-6-8-11/h4-8,10,12H,9H2,1-3H3,(H,17,22)/b13-10+. The maximum absolute atomic E-state index is 12.5. The van der Waals surface area contributed by atoms with Gasteiger partial charge < -0.3 is 15.0 Å². The molecule has 0 saturated carbocycles. The summed E-state index contributed by atoms with van der Waals surface area (Å²) in [6, 6.07) is 8.01. The zero-order chi connectivity index (χ0) is 17.0. The number of urea groups is 1. The number of hydrogen-bond acceptors (Lipinski definition) is 5. The Hall–Kier alpha value is -2.83. The summed E-state index contributed by atoms with van der Waals surface area (Å²) in [7, 11) is 4.57. The van der Waals surface area contributed by atoms with Crippen molar-refractivity contribution >= 4 is 17.9 Å². The number of methoxy groups -OCH3 is 1. The van der Waals surface area contributed by atoms with Gasteiger partial charge in [0.25, 0.3) is 5.91 Å². The number of nitrogens with one attached hydrogen (secondary N) is 1. The smallest absolute Gasteiger partial charge is 0.356 e. The summed E-state index contributed by atoms with van der Waals surface area (Å²) >= 11 is 0. The van der Waals surface area contributed by atoms with Crippen molar-refractivity contribution in [3.05, 3.63) is 47.8 Å². The van der Waals surface area contributed by atoms with Crippen LogP contribution >= 0.6 is 0 Å². The fourth-order valence-corrected chi connectivity index (χ4v) is 2.30. The van der Waals surface area contributed by atoms with Crippen LogP contribution in [0.15, 0.2) is 42.2 Å². The Morgan fingerprint density at radius 1 is 1.30 bits per heavy atom. The number of imide groups is 1. The first kappa shape index (κ1) is 16.5. The van der Waals surface area contributed by atoms with Gasteiger partial charge in [-0.05, 0) is 5.56 Å². The molecule has 3 amide bonds. The van der Waals surface area contributed by atoms with E-state index >= 15 is 0 Å². The molecule has 7 nitrogen and oxygen atoms in total. The third kappa shape index (κ3) is 3.68. The van der Waals surface area contributed by atoms with Crippen LogP contribution in [0.1, 0.15) is 5.56 Å². The lowest BCUT2D eigenvalue weighted by Crippen LogP contribution is -2.36. The van der Waals surface area contributed by atoms with E-state index in [0.29, 0.717) is 6.42 Å². The maximum atomic E-state index is 12.5. The van der Waals surface area contributed by atoms with E-state index in [9.17, 15) is 14.4 Å². The topological polar surface area (TPSA) is 79.0 Å². The molecule has 1 aromatic rings. The number of carbonyl (C=O) groups is 3. The Bertz CT molecular complexity index is 640. The number of rotatable bonds is 5. The van der Waals surface area contributed by atoms with E-state index in [2.05, 4.69) is 10.1 Å². The first-order chi connectivity index (χ1) is 10.9. The van der Waals surface area contributed by atoms with Gasteiger partial charge in [-0.25, -0.2) is 14.5 Å². The third-order valence-corrected chi connectivity index (χ3v) is 3.32. The fraction of sp³-hybridized carbons (Fsp3) is 0.312. The quantitative estimate of drug-likeness (QED) is 0.492. The number of hydrogen-bond donors (Lipinski definition) is 1. The van der Waals surface area contributed by atoms with Gasteiger partial charge in [-0.2, -0.15) is 0 Å². The van der Waals surface area contributed by atoms with Crippen LogP contribution in [-0.4, -0.2) is 55.0 Å². The van der Waals surface area contributed by atoms with Crippen molar-refractivity contribution < 1.29 is 19.1 Å². The van der Waals surface area contributed by atoms with Gasteiger partial charge in [-0.1, -0.05) is 30.3 Å². The molecule has 122 valence electrons. The van der Waals surface area contributed by atoms with Crippen molar-refractivity contribution in [3.63, 3.8) is 0 Å². The van der Waals surface area contributed by atoms with Crippen molar-refractivity contribution in [1.82, 2.24) is 15.1 Å². The molecule has 0 spiro atoms. The Morgan fingerprint density at radius 3 is 2.52 bits per heavy atom. The van der Waals surface area contributed by atoms with E-state index < -0.39 is 23.9 Å². The third-order valence-electron chi connectivity index (χ3n) is 3.32. The van der Waals surface area contributed by atoms with Crippen LogP contribution in [0.2, 0.25) is 0 Å². The largest absolute Gasteiger partial charge is 0.464 e. The van der Waals surface area contributed by atoms with Gasteiger partial charge in [0.15, 0.2) is 5.70 Å². The average molecular weight is 317 g/mol. The molecule has 1 aliphatic rings. The Kier molecular flexibility index (Phi) is 5.00. The van der Waals surface area contributed by atoms with E-state index in [4.69, 9.17) is 0 Å².